The van der Waals surface area contributed by atoms with Crippen molar-refractivity contribution in [1.29, 1.82) is 0 Å². The van der Waals surface area contributed by atoms with E-state index in [9.17, 15) is 23.5 Å². The van der Waals surface area contributed by atoms with Gasteiger partial charge in [0.15, 0.2) is 0 Å². The fraction of sp³-hybridized carbons (Fsp3) is 0.778. The van der Waals surface area contributed by atoms with Crippen molar-refractivity contribution >= 4 is 12.0 Å². The lowest BCUT2D eigenvalue weighted by molar-refractivity contribution is -0.302. The molecule has 0 radical (unpaired) electrons. The van der Waals surface area contributed by atoms with Gasteiger partial charge in [0.25, 0.3) is 0 Å². The van der Waals surface area contributed by atoms with Crippen LogP contribution in [0.15, 0.2) is 0 Å². The SMILES string of the molecule is O=C([O-])N1CCC2(CC1)CNC(=O)C(F)(F)O2. The van der Waals surface area contributed by atoms with Crippen molar-refractivity contribution in [2.24, 2.45) is 0 Å². The van der Waals surface area contributed by atoms with Gasteiger partial charge in [-0.25, -0.2) is 0 Å². The van der Waals surface area contributed by atoms with E-state index >= 15 is 0 Å². The second-order valence-electron chi connectivity index (χ2n) is 4.24. The highest BCUT2D eigenvalue weighted by Gasteiger charge is 2.53. The van der Waals surface area contributed by atoms with Crippen molar-refractivity contribution in [3.05, 3.63) is 0 Å². The van der Waals surface area contributed by atoms with Crippen LogP contribution in [0.4, 0.5) is 13.6 Å². The molecule has 2 aliphatic heterocycles. The largest absolute Gasteiger partial charge is 0.530 e. The Morgan fingerprint density at radius 1 is 1.41 bits per heavy atom. The Hall–Kier alpha value is -1.44. The van der Waals surface area contributed by atoms with E-state index in [4.69, 9.17) is 0 Å². The standard InChI is InChI=1S/C9H12F2N2O4/c10-9(11)6(14)12-5-8(17-9)1-3-13(4-2-8)7(15)16/h1-5H2,(H,12,14)(H,15,16)/p-1. The molecule has 1 spiro atoms. The predicted octanol–water partition coefficient (Wildman–Crippen LogP) is -1.10. The minimum Gasteiger partial charge on any atom is -0.530 e. The summed E-state index contributed by atoms with van der Waals surface area (Å²) < 4.78 is 30.8. The van der Waals surface area contributed by atoms with Gasteiger partial charge in [0.05, 0.1) is 5.60 Å². The number of hydrogen-bond donors (Lipinski definition) is 1. The van der Waals surface area contributed by atoms with Gasteiger partial charge < -0.3 is 24.9 Å². The van der Waals surface area contributed by atoms with Crippen molar-refractivity contribution in [3.63, 3.8) is 0 Å². The Bertz CT molecular complexity index is 353. The number of carbonyl (C=O) groups excluding carboxylic acids is 2. The molecule has 0 aromatic heterocycles. The van der Waals surface area contributed by atoms with E-state index in [1.165, 1.54) is 0 Å². The Kier molecular flexibility index (Phi) is 2.69. The zero-order valence-electron chi connectivity index (χ0n) is 8.87. The maximum atomic E-state index is 13.1. The van der Waals surface area contributed by atoms with E-state index in [0.29, 0.717) is 0 Å². The fourth-order valence-corrected chi connectivity index (χ4v) is 2.07. The topological polar surface area (TPSA) is 81.7 Å². The lowest BCUT2D eigenvalue weighted by atomic mass is 9.90. The van der Waals surface area contributed by atoms with Crippen molar-refractivity contribution in [2.45, 2.75) is 24.6 Å². The lowest BCUT2D eigenvalue weighted by Gasteiger charge is -2.46. The molecule has 6 nitrogen and oxygen atoms in total. The maximum Gasteiger partial charge on any atom is 0.437 e. The number of nitrogens with one attached hydrogen (secondary N) is 1. The number of nitrogens with zero attached hydrogens (tertiary/aromatic N) is 1. The highest BCUT2D eigenvalue weighted by molar-refractivity contribution is 5.82. The summed E-state index contributed by atoms with van der Waals surface area (Å²) in [6, 6.07) is 0. The molecule has 0 aromatic carbocycles. The van der Waals surface area contributed by atoms with E-state index in [1.807, 2.05) is 0 Å². The summed E-state index contributed by atoms with van der Waals surface area (Å²) in [7, 11) is 0. The van der Waals surface area contributed by atoms with Crippen LogP contribution < -0.4 is 10.4 Å². The van der Waals surface area contributed by atoms with Crippen LogP contribution in [0.1, 0.15) is 12.8 Å². The maximum absolute atomic E-state index is 13.1. The number of likely N-dealkylation sites (tertiary alicyclic amines) is 1. The summed E-state index contributed by atoms with van der Waals surface area (Å²) in [6.45, 7) is 0.102. The highest BCUT2D eigenvalue weighted by atomic mass is 19.3. The number of morpholine rings is 1. The first kappa shape index (κ1) is 12.0. The first-order chi connectivity index (χ1) is 7.85. The van der Waals surface area contributed by atoms with Crippen molar-refractivity contribution in [1.82, 2.24) is 10.2 Å². The van der Waals surface area contributed by atoms with Gasteiger partial charge in [0.1, 0.15) is 6.09 Å². The summed E-state index contributed by atoms with van der Waals surface area (Å²) >= 11 is 0. The number of amides is 2. The monoisotopic (exact) mass is 249 g/mol. The van der Waals surface area contributed by atoms with Crippen LogP contribution in [0.25, 0.3) is 0 Å². The van der Waals surface area contributed by atoms with Gasteiger partial charge in [-0.1, -0.05) is 0 Å². The molecule has 2 saturated heterocycles. The molecule has 0 saturated carbocycles. The zero-order chi connectivity index (χ0) is 12.7. The summed E-state index contributed by atoms with van der Waals surface area (Å²) in [5.74, 6) is -1.45. The van der Waals surface area contributed by atoms with Crippen molar-refractivity contribution in [3.8, 4) is 0 Å². The number of rotatable bonds is 0. The first-order valence-electron chi connectivity index (χ1n) is 5.17. The number of piperidine rings is 1. The quantitative estimate of drug-likeness (QED) is 0.591. The third kappa shape index (κ3) is 2.17. The smallest absolute Gasteiger partial charge is 0.437 e. The number of carbonyl (C=O) groups is 2. The molecule has 0 atom stereocenters. The molecule has 0 bridgehead atoms. The highest BCUT2D eigenvalue weighted by Crippen LogP contribution is 2.35. The summed E-state index contributed by atoms with van der Waals surface area (Å²) in [6.07, 6.45) is -4.96. The van der Waals surface area contributed by atoms with Crippen LogP contribution in [-0.4, -0.2) is 48.2 Å². The molecule has 96 valence electrons. The van der Waals surface area contributed by atoms with Crippen LogP contribution in [0.5, 0.6) is 0 Å². The Balaban J connectivity index is 2.04. The van der Waals surface area contributed by atoms with Crippen LogP contribution in [0.3, 0.4) is 0 Å². The minimum absolute atomic E-state index is 0.0255. The van der Waals surface area contributed by atoms with E-state index in [1.54, 1.807) is 0 Å². The summed E-state index contributed by atoms with van der Waals surface area (Å²) in [5, 5.41) is 12.6. The van der Waals surface area contributed by atoms with Gasteiger partial charge >= 0.3 is 12.0 Å². The lowest BCUT2D eigenvalue weighted by Crippen LogP contribution is -2.64. The molecular formula is C9H11F2N2O4-. The number of alkyl halides is 2. The van der Waals surface area contributed by atoms with Crippen LogP contribution in [0.2, 0.25) is 0 Å². The Morgan fingerprint density at radius 3 is 2.47 bits per heavy atom. The van der Waals surface area contributed by atoms with Crippen molar-refractivity contribution < 1.29 is 28.2 Å². The van der Waals surface area contributed by atoms with Crippen LogP contribution in [0, 0.1) is 0 Å². The van der Waals surface area contributed by atoms with E-state index in [2.05, 4.69) is 10.1 Å². The molecule has 2 rings (SSSR count). The van der Waals surface area contributed by atoms with E-state index in [-0.39, 0.29) is 32.5 Å². The molecule has 1 N–H and O–H groups in total. The van der Waals surface area contributed by atoms with Gasteiger partial charge in [-0.15, -0.1) is 0 Å². The molecule has 0 aromatic rings. The van der Waals surface area contributed by atoms with E-state index < -0.39 is 23.7 Å². The third-order valence-corrected chi connectivity index (χ3v) is 3.11. The van der Waals surface area contributed by atoms with Crippen LogP contribution in [-0.2, 0) is 9.53 Å². The average Bonchev–Trinajstić information content (AvgIpc) is 2.24. The van der Waals surface area contributed by atoms with Gasteiger partial charge in [-0.05, 0) is 12.8 Å². The van der Waals surface area contributed by atoms with Crippen molar-refractivity contribution in [2.75, 3.05) is 19.6 Å². The fourth-order valence-electron chi connectivity index (χ4n) is 2.07. The normalized spacial score (nSPS) is 26.7. The predicted molar refractivity (Wildman–Crippen MR) is 48.0 cm³/mol. The van der Waals surface area contributed by atoms with Gasteiger partial charge in [-0.3, -0.25) is 4.79 Å². The average molecular weight is 249 g/mol. The molecule has 0 unspecified atom stereocenters. The zero-order valence-corrected chi connectivity index (χ0v) is 8.87. The van der Waals surface area contributed by atoms with Gasteiger partial charge in [0.2, 0.25) is 0 Å². The summed E-state index contributed by atoms with van der Waals surface area (Å²) in [5.41, 5.74) is -1.18. The first-order valence-corrected chi connectivity index (χ1v) is 5.17. The Morgan fingerprint density at radius 2 is 2.00 bits per heavy atom. The van der Waals surface area contributed by atoms with Gasteiger partial charge in [-0.2, -0.15) is 8.78 Å². The number of halogens is 2. The minimum atomic E-state index is -3.85. The second kappa shape index (κ2) is 3.80. The number of hydrogen-bond acceptors (Lipinski definition) is 4. The molecule has 0 aliphatic carbocycles. The molecule has 2 heterocycles. The van der Waals surface area contributed by atoms with Gasteiger partial charge in [0, 0.05) is 19.6 Å². The summed E-state index contributed by atoms with van der Waals surface area (Å²) in [4.78, 5) is 22.4. The number of ether oxygens (including phenoxy) is 1. The Labute approximate surface area is 95.5 Å². The molecule has 2 aliphatic rings. The molecule has 8 heteroatoms. The number of carboxylic acid groups (broad SMARTS) is 1. The molecule has 17 heavy (non-hydrogen) atoms. The third-order valence-electron chi connectivity index (χ3n) is 3.11. The molecule has 2 fully saturated rings. The van der Waals surface area contributed by atoms with Crippen LogP contribution >= 0.6 is 0 Å². The molecular weight excluding hydrogens is 238 g/mol. The molecule has 2 amide bonds. The van der Waals surface area contributed by atoms with E-state index in [0.717, 1.165) is 4.90 Å². The second-order valence-corrected chi connectivity index (χ2v) is 4.24.